The molecule has 0 radical (unpaired) electrons. The van der Waals surface area contributed by atoms with E-state index in [0.29, 0.717) is 50.0 Å². The van der Waals surface area contributed by atoms with Crippen LogP contribution in [0, 0.1) is 0 Å². The number of aromatic amines is 1. The first-order valence-electron chi connectivity index (χ1n) is 12.1. The topological polar surface area (TPSA) is 162 Å². The third-order valence-electron chi connectivity index (χ3n) is 6.76. The monoisotopic (exact) mass is 515 g/mol. The summed E-state index contributed by atoms with van der Waals surface area (Å²) in [6, 6.07) is 13.1. The third kappa shape index (κ3) is 5.76. The lowest BCUT2D eigenvalue weighted by atomic mass is 9.90. The fourth-order valence-electron chi connectivity index (χ4n) is 4.73. The second-order valence-electron chi connectivity index (χ2n) is 9.14. The molecule has 0 unspecified atom stereocenters. The number of hydrogen-bond acceptors (Lipinski definition) is 7. The van der Waals surface area contributed by atoms with Gasteiger partial charge in [-0.25, -0.2) is 12.7 Å². The van der Waals surface area contributed by atoms with Gasteiger partial charge in [-0.2, -0.15) is 5.10 Å². The van der Waals surface area contributed by atoms with Gasteiger partial charge in [0.1, 0.15) is 0 Å². The lowest BCUT2D eigenvalue weighted by Crippen LogP contribution is -2.41. The van der Waals surface area contributed by atoms with Crippen LogP contribution >= 0.6 is 0 Å². The number of sulfonamides is 1. The Morgan fingerprint density at radius 1 is 1.14 bits per heavy atom. The Morgan fingerprint density at radius 2 is 1.83 bits per heavy atom. The predicted molar refractivity (Wildman–Crippen MR) is 138 cm³/mol. The third-order valence-corrected chi connectivity index (χ3v) is 8.72. The van der Waals surface area contributed by atoms with Crippen LogP contribution in [-0.2, 0) is 10.0 Å². The fourth-order valence-corrected chi connectivity index (χ4v) is 6.26. The number of H-pyrrole nitrogens is 1. The number of aliphatic hydroxyl groups is 2. The molecule has 36 heavy (non-hydrogen) atoms. The lowest BCUT2D eigenvalue weighted by molar-refractivity contribution is 0.100. The van der Waals surface area contributed by atoms with Crippen LogP contribution in [0.3, 0.4) is 0 Å². The van der Waals surface area contributed by atoms with Crippen LogP contribution in [0.5, 0.6) is 0 Å². The molecule has 1 fully saturated rings. The molecule has 1 saturated heterocycles. The molecule has 0 atom stereocenters. The Bertz CT molecular complexity index is 1280. The minimum atomic E-state index is -3.41. The van der Waals surface area contributed by atoms with E-state index in [1.165, 1.54) is 4.31 Å². The van der Waals surface area contributed by atoms with Crippen LogP contribution in [0.25, 0.3) is 22.0 Å². The molecule has 4 rings (SSSR count). The summed E-state index contributed by atoms with van der Waals surface area (Å²) in [6.07, 6.45) is 1.63. The molecule has 0 spiro atoms. The normalized spacial score (nSPS) is 15.6. The maximum Gasteiger partial charge on any atom is 0.250 e. The van der Waals surface area contributed by atoms with E-state index in [4.69, 9.17) is 15.9 Å². The molecule has 1 aliphatic rings. The van der Waals surface area contributed by atoms with Gasteiger partial charge in [0.05, 0.1) is 41.8 Å². The van der Waals surface area contributed by atoms with E-state index in [0.717, 1.165) is 22.2 Å². The molecule has 6 N–H and O–H groups in total. The minimum absolute atomic E-state index is 0.00197. The molecular weight excluding hydrogens is 482 g/mol. The number of fused-ring (bicyclic) bond motifs is 1. The first-order valence-corrected chi connectivity index (χ1v) is 13.7. The number of aromatic nitrogens is 2. The van der Waals surface area contributed by atoms with Gasteiger partial charge < -0.3 is 21.3 Å². The van der Waals surface area contributed by atoms with Crippen molar-refractivity contribution in [1.82, 2.24) is 19.8 Å². The van der Waals surface area contributed by atoms with Crippen LogP contribution in [0.2, 0.25) is 0 Å². The molecule has 1 amide bonds. The summed E-state index contributed by atoms with van der Waals surface area (Å²) in [6.45, 7) is 0.781. The Kier molecular flexibility index (Phi) is 8.37. The first kappa shape index (κ1) is 26.2. The van der Waals surface area contributed by atoms with Crippen molar-refractivity contribution in [3.05, 3.63) is 53.7 Å². The molecule has 194 valence electrons. The van der Waals surface area contributed by atoms with Gasteiger partial charge in [0, 0.05) is 24.4 Å². The molecule has 1 aliphatic heterocycles. The highest BCUT2D eigenvalue weighted by atomic mass is 32.2. The number of nitrogens with one attached hydrogen (secondary N) is 2. The van der Waals surface area contributed by atoms with Gasteiger partial charge in [-0.3, -0.25) is 9.89 Å². The zero-order valence-corrected chi connectivity index (χ0v) is 20.9. The molecule has 2 heterocycles. The summed E-state index contributed by atoms with van der Waals surface area (Å²) in [4.78, 5) is 12.2. The zero-order valence-electron chi connectivity index (χ0n) is 20.1. The van der Waals surface area contributed by atoms with Gasteiger partial charge in [0.25, 0.3) is 5.91 Å². The summed E-state index contributed by atoms with van der Waals surface area (Å²) < 4.78 is 27.2. The van der Waals surface area contributed by atoms with Crippen LogP contribution in [0.4, 0.5) is 0 Å². The van der Waals surface area contributed by atoms with Crippen molar-refractivity contribution in [2.75, 3.05) is 38.6 Å². The quantitative estimate of drug-likeness (QED) is 0.239. The number of rotatable bonds is 11. The molecule has 1 aromatic heterocycles. The molecule has 2 aromatic carbocycles. The average molecular weight is 516 g/mol. The van der Waals surface area contributed by atoms with E-state index < -0.39 is 22.0 Å². The number of piperidine rings is 1. The summed E-state index contributed by atoms with van der Waals surface area (Å²) in [5.41, 5.74) is 9.32. The second-order valence-corrected chi connectivity index (χ2v) is 11.2. The van der Waals surface area contributed by atoms with E-state index in [1.807, 2.05) is 36.4 Å². The highest BCUT2D eigenvalue weighted by molar-refractivity contribution is 7.89. The average Bonchev–Trinajstić information content (AvgIpc) is 3.33. The van der Waals surface area contributed by atoms with E-state index in [9.17, 15) is 13.2 Å². The SMILES string of the molecule is NC(=O)c1cc(-c2ccccc2)cc2c(C3CCN(S(=O)(=O)CCCNC(CO)CO)CC3)n[nH]c12. The van der Waals surface area contributed by atoms with Crippen molar-refractivity contribution in [2.45, 2.75) is 31.2 Å². The largest absolute Gasteiger partial charge is 0.395 e. The van der Waals surface area contributed by atoms with Crippen molar-refractivity contribution in [3.63, 3.8) is 0 Å². The van der Waals surface area contributed by atoms with E-state index in [-0.39, 0.29) is 24.9 Å². The summed E-state index contributed by atoms with van der Waals surface area (Å²) >= 11 is 0. The number of nitrogens with zero attached hydrogens (tertiary/aromatic N) is 2. The second kappa shape index (κ2) is 11.5. The summed E-state index contributed by atoms with van der Waals surface area (Å²) in [7, 11) is -3.41. The molecule has 0 aliphatic carbocycles. The smallest absolute Gasteiger partial charge is 0.250 e. The number of amides is 1. The fraction of sp³-hybridized carbons (Fsp3) is 0.440. The Balaban J connectivity index is 1.47. The standard InChI is InChI=1S/C25H33N5O5S/c26-25(33)22-14-19(17-5-2-1-3-6-17)13-21-23(28-29-24(21)22)18-7-10-30(11-8-18)36(34,35)12-4-9-27-20(15-31)16-32/h1-3,5-6,13-14,18,20,27,31-32H,4,7-12,15-16H2,(H2,26,33)(H,28,29). The number of benzene rings is 2. The molecule has 3 aromatic rings. The summed E-state index contributed by atoms with van der Waals surface area (Å²) in [5, 5.41) is 29.5. The first-order chi connectivity index (χ1) is 17.3. The number of aliphatic hydroxyl groups excluding tert-OH is 2. The summed E-state index contributed by atoms with van der Waals surface area (Å²) in [5.74, 6) is -0.483. The number of nitrogens with two attached hydrogens (primary N) is 1. The Labute approximate surface area is 210 Å². The van der Waals surface area contributed by atoms with Crippen molar-refractivity contribution < 1.29 is 23.4 Å². The van der Waals surface area contributed by atoms with E-state index >= 15 is 0 Å². The van der Waals surface area contributed by atoms with Gasteiger partial charge in [0.2, 0.25) is 10.0 Å². The van der Waals surface area contributed by atoms with Crippen LogP contribution < -0.4 is 11.1 Å². The lowest BCUT2D eigenvalue weighted by Gasteiger charge is -2.30. The van der Waals surface area contributed by atoms with E-state index in [2.05, 4.69) is 15.5 Å². The van der Waals surface area contributed by atoms with Crippen molar-refractivity contribution >= 4 is 26.8 Å². The van der Waals surface area contributed by atoms with Gasteiger partial charge in [-0.15, -0.1) is 0 Å². The van der Waals surface area contributed by atoms with Gasteiger partial charge in [-0.05, 0) is 49.1 Å². The van der Waals surface area contributed by atoms with Crippen molar-refractivity contribution in [3.8, 4) is 11.1 Å². The Morgan fingerprint density at radius 3 is 2.47 bits per heavy atom. The maximum atomic E-state index is 12.8. The van der Waals surface area contributed by atoms with Gasteiger partial charge >= 0.3 is 0 Å². The molecular formula is C25H33N5O5S. The van der Waals surface area contributed by atoms with Crippen LogP contribution in [-0.4, -0.2) is 83.7 Å². The number of carbonyl (C=O) groups excluding carboxylic acids is 1. The van der Waals surface area contributed by atoms with Gasteiger partial charge in [0.15, 0.2) is 0 Å². The number of primary amides is 1. The van der Waals surface area contributed by atoms with Crippen LogP contribution in [0.1, 0.15) is 41.2 Å². The van der Waals surface area contributed by atoms with Crippen molar-refractivity contribution in [1.29, 1.82) is 0 Å². The number of carbonyl (C=O) groups is 1. The highest BCUT2D eigenvalue weighted by Crippen LogP contribution is 2.35. The zero-order chi connectivity index (χ0) is 25.7. The maximum absolute atomic E-state index is 12.8. The van der Waals surface area contributed by atoms with Crippen molar-refractivity contribution in [2.24, 2.45) is 5.73 Å². The molecule has 10 nitrogen and oxygen atoms in total. The van der Waals surface area contributed by atoms with Crippen LogP contribution in [0.15, 0.2) is 42.5 Å². The van der Waals surface area contributed by atoms with Gasteiger partial charge in [-0.1, -0.05) is 30.3 Å². The Hall–Kier alpha value is -2.83. The molecule has 0 saturated carbocycles. The molecule has 0 bridgehead atoms. The molecule has 11 heteroatoms. The minimum Gasteiger partial charge on any atom is -0.395 e. The van der Waals surface area contributed by atoms with E-state index in [1.54, 1.807) is 6.07 Å². The number of hydrogen-bond donors (Lipinski definition) is 5. The predicted octanol–water partition coefficient (Wildman–Crippen LogP) is 1.17. The highest BCUT2D eigenvalue weighted by Gasteiger charge is 2.30.